The van der Waals surface area contributed by atoms with Gasteiger partial charge < -0.3 is 15.0 Å². The van der Waals surface area contributed by atoms with Gasteiger partial charge in [0, 0.05) is 18.1 Å². The van der Waals surface area contributed by atoms with Gasteiger partial charge in [0.25, 0.3) is 5.91 Å². The van der Waals surface area contributed by atoms with Crippen molar-refractivity contribution >= 4 is 11.9 Å². The first-order valence-corrected chi connectivity index (χ1v) is 9.64. The Morgan fingerprint density at radius 2 is 1.88 bits per heavy atom. The number of nitrogens with one attached hydrogen (secondary N) is 2. The van der Waals surface area contributed by atoms with Crippen LogP contribution in [0.25, 0.3) is 0 Å². The molecule has 2 fully saturated rings. The Bertz CT molecular complexity index is 635. The third-order valence-electron chi connectivity index (χ3n) is 5.55. The minimum Gasteiger partial charge on any atom is -0.493 e. The molecule has 3 atom stereocenters. The summed E-state index contributed by atoms with van der Waals surface area (Å²) in [5.41, 5.74) is 0.391. The van der Waals surface area contributed by atoms with Gasteiger partial charge in [0.15, 0.2) is 0 Å². The van der Waals surface area contributed by atoms with Crippen LogP contribution in [0.2, 0.25) is 0 Å². The molecule has 2 aliphatic rings. The first-order chi connectivity index (χ1) is 12.6. The van der Waals surface area contributed by atoms with E-state index < -0.39 is 11.9 Å². The van der Waals surface area contributed by atoms with Crippen LogP contribution in [-0.4, -0.2) is 48.6 Å². The lowest BCUT2D eigenvalue weighted by Gasteiger charge is -2.36. The molecule has 1 unspecified atom stereocenters. The summed E-state index contributed by atoms with van der Waals surface area (Å²) in [6.07, 6.45) is 6.24. The molecule has 0 aliphatic carbocycles. The highest BCUT2D eigenvalue weighted by atomic mass is 16.5. The third kappa shape index (κ3) is 4.36. The van der Waals surface area contributed by atoms with Gasteiger partial charge in [-0.25, -0.2) is 4.79 Å². The molecule has 2 saturated heterocycles. The molecule has 142 valence electrons. The van der Waals surface area contributed by atoms with Crippen LogP contribution in [0, 0.1) is 0 Å². The van der Waals surface area contributed by atoms with Crippen molar-refractivity contribution in [3.05, 3.63) is 29.8 Å². The molecule has 6 heteroatoms. The quantitative estimate of drug-likeness (QED) is 0.766. The van der Waals surface area contributed by atoms with Crippen LogP contribution in [-0.2, 0) is 0 Å². The van der Waals surface area contributed by atoms with Gasteiger partial charge >= 0.3 is 6.03 Å². The van der Waals surface area contributed by atoms with Crippen molar-refractivity contribution in [1.29, 1.82) is 0 Å². The Morgan fingerprint density at radius 1 is 1.19 bits per heavy atom. The zero-order chi connectivity index (χ0) is 18.5. The van der Waals surface area contributed by atoms with Crippen LogP contribution in [0.1, 0.15) is 55.8 Å². The molecule has 0 radical (unpaired) electrons. The maximum absolute atomic E-state index is 12.5. The van der Waals surface area contributed by atoms with E-state index in [2.05, 4.69) is 29.5 Å². The first-order valence-electron chi connectivity index (χ1n) is 9.64. The zero-order valence-corrected chi connectivity index (χ0v) is 15.7. The number of nitrogens with zero attached hydrogens (tertiary/aromatic N) is 1. The monoisotopic (exact) mass is 359 g/mol. The third-order valence-corrected chi connectivity index (χ3v) is 5.55. The molecule has 0 aromatic heterocycles. The number of unbranched alkanes of at least 4 members (excludes halogenated alkanes) is 1. The summed E-state index contributed by atoms with van der Waals surface area (Å²) in [5.74, 6) is 0.0917. The Labute approximate surface area is 155 Å². The van der Waals surface area contributed by atoms with Gasteiger partial charge in [-0.3, -0.25) is 10.1 Å². The van der Waals surface area contributed by atoms with E-state index in [-0.39, 0.29) is 6.04 Å². The lowest BCUT2D eigenvalue weighted by molar-refractivity contribution is 0.0956. The molecule has 3 amide bonds. The number of carbonyl (C=O) groups is 2. The van der Waals surface area contributed by atoms with E-state index in [9.17, 15) is 9.59 Å². The van der Waals surface area contributed by atoms with Gasteiger partial charge in [0.05, 0.1) is 12.2 Å². The molecule has 1 aromatic rings. The standard InChI is InChI=1S/C20H29N3O3/c1-3-4-11-26-18-8-6-5-7-17(18)19(24)22-20(25)21-14-12-15-9-10-16(13-14)23(15)2/h5-8,14-16H,3-4,9-13H2,1-2H3,(H2,21,22,24,25)/t14?,15-,16+. The summed E-state index contributed by atoms with van der Waals surface area (Å²) in [6.45, 7) is 2.65. The molecule has 2 bridgehead atoms. The number of ether oxygens (including phenoxy) is 1. The average Bonchev–Trinajstić information content (AvgIpc) is 2.83. The highest BCUT2D eigenvalue weighted by Crippen LogP contribution is 2.34. The minimum absolute atomic E-state index is 0.132. The van der Waals surface area contributed by atoms with Gasteiger partial charge in [0.2, 0.25) is 0 Å². The number of imide groups is 1. The Kier molecular flexibility index (Phi) is 6.14. The predicted molar refractivity (Wildman–Crippen MR) is 100 cm³/mol. The second-order valence-corrected chi connectivity index (χ2v) is 7.34. The summed E-state index contributed by atoms with van der Waals surface area (Å²) in [5, 5.41) is 5.43. The molecule has 2 heterocycles. The van der Waals surface area contributed by atoms with Gasteiger partial charge in [-0.05, 0) is 51.3 Å². The predicted octanol–water partition coefficient (Wildman–Crippen LogP) is 2.93. The van der Waals surface area contributed by atoms with Gasteiger partial charge in [-0.15, -0.1) is 0 Å². The van der Waals surface area contributed by atoms with Crippen molar-refractivity contribution < 1.29 is 14.3 Å². The van der Waals surface area contributed by atoms with Crippen LogP contribution in [0.3, 0.4) is 0 Å². The lowest BCUT2D eigenvalue weighted by atomic mass is 9.98. The summed E-state index contributed by atoms with van der Waals surface area (Å²) in [7, 11) is 2.16. The molecule has 1 aromatic carbocycles. The molecule has 6 nitrogen and oxygen atoms in total. The van der Waals surface area contributed by atoms with Crippen molar-refractivity contribution in [2.45, 2.75) is 63.6 Å². The van der Waals surface area contributed by atoms with Crippen molar-refractivity contribution in [3.63, 3.8) is 0 Å². The SMILES string of the molecule is CCCCOc1ccccc1C(=O)NC(=O)NC1C[C@H]2CC[C@@H](C1)N2C. The van der Waals surface area contributed by atoms with E-state index >= 15 is 0 Å². The second kappa shape index (κ2) is 8.54. The molecular weight excluding hydrogens is 330 g/mol. The fraction of sp³-hybridized carbons (Fsp3) is 0.600. The summed E-state index contributed by atoms with van der Waals surface area (Å²) in [6, 6.07) is 7.84. The van der Waals surface area contributed by atoms with E-state index in [0.717, 1.165) is 25.7 Å². The van der Waals surface area contributed by atoms with E-state index in [1.165, 1.54) is 12.8 Å². The Balaban J connectivity index is 1.54. The van der Waals surface area contributed by atoms with Crippen LogP contribution < -0.4 is 15.4 Å². The number of rotatable bonds is 6. The highest BCUT2D eigenvalue weighted by molar-refractivity contribution is 6.05. The van der Waals surface area contributed by atoms with Crippen molar-refractivity contribution in [1.82, 2.24) is 15.5 Å². The fourth-order valence-corrected chi connectivity index (χ4v) is 4.03. The number of hydrogen-bond acceptors (Lipinski definition) is 4. The molecule has 26 heavy (non-hydrogen) atoms. The Hall–Kier alpha value is -2.08. The molecule has 2 aliphatic heterocycles. The number of para-hydroxylation sites is 1. The van der Waals surface area contributed by atoms with Crippen molar-refractivity contribution in [3.8, 4) is 5.75 Å². The van der Waals surface area contributed by atoms with Crippen LogP contribution in [0.15, 0.2) is 24.3 Å². The fourth-order valence-electron chi connectivity index (χ4n) is 4.03. The van der Waals surface area contributed by atoms with E-state index in [0.29, 0.717) is 30.0 Å². The maximum atomic E-state index is 12.5. The van der Waals surface area contributed by atoms with E-state index in [1.54, 1.807) is 18.2 Å². The molecular formula is C20H29N3O3. The maximum Gasteiger partial charge on any atom is 0.321 e. The number of piperidine rings is 1. The number of amides is 3. The number of fused-ring (bicyclic) bond motifs is 2. The number of benzene rings is 1. The van der Waals surface area contributed by atoms with Crippen LogP contribution >= 0.6 is 0 Å². The molecule has 3 rings (SSSR count). The largest absolute Gasteiger partial charge is 0.493 e. The zero-order valence-electron chi connectivity index (χ0n) is 15.7. The van der Waals surface area contributed by atoms with Crippen LogP contribution in [0.5, 0.6) is 5.75 Å². The first kappa shape index (κ1) is 18.7. The second-order valence-electron chi connectivity index (χ2n) is 7.34. The van der Waals surface area contributed by atoms with E-state index in [4.69, 9.17) is 4.74 Å². The average molecular weight is 359 g/mol. The molecule has 0 spiro atoms. The minimum atomic E-state index is -0.425. The summed E-state index contributed by atoms with van der Waals surface area (Å²) in [4.78, 5) is 27.2. The highest BCUT2D eigenvalue weighted by Gasteiger charge is 2.38. The lowest BCUT2D eigenvalue weighted by Crippen LogP contribution is -2.51. The normalized spacial score (nSPS) is 24.9. The number of hydrogen-bond donors (Lipinski definition) is 2. The summed E-state index contributed by atoms with van der Waals surface area (Å²) >= 11 is 0. The Morgan fingerprint density at radius 3 is 2.58 bits per heavy atom. The van der Waals surface area contributed by atoms with Crippen molar-refractivity contribution in [2.24, 2.45) is 0 Å². The van der Waals surface area contributed by atoms with Gasteiger partial charge in [0.1, 0.15) is 5.75 Å². The number of urea groups is 1. The smallest absolute Gasteiger partial charge is 0.321 e. The van der Waals surface area contributed by atoms with E-state index in [1.807, 2.05) is 6.07 Å². The van der Waals surface area contributed by atoms with Gasteiger partial charge in [-0.1, -0.05) is 25.5 Å². The van der Waals surface area contributed by atoms with Crippen molar-refractivity contribution in [2.75, 3.05) is 13.7 Å². The topological polar surface area (TPSA) is 70.7 Å². The molecule has 0 saturated carbocycles. The van der Waals surface area contributed by atoms with Gasteiger partial charge in [-0.2, -0.15) is 0 Å². The van der Waals surface area contributed by atoms with Crippen LogP contribution in [0.4, 0.5) is 4.79 Å². The summed E-state index contributed by atoms with van der Waals surface area (Å²) < 4.78 is 5.68. The number of carbonyl (C=O) groups excluding carboxylic acids is 2. The molecule has 2 N–H and O–H groups in total.